The zero-order valence-corrected chi connectivity index (χ0v) is 15.8. The summed E-state index contributed by atoms with van der Waals surface area (Å²) in [6.45, 7) is 6.56. The average molecular weight is 332 g/mol. The van der Waals surface area contributed by atoms with Crippen LogP contribution in [0.25, 0.3) is 0 Å². The number of unbranched alkanes of at least 4 members (excludes halogenated alkanes) is 1. The van der Waals surface area contributed by atoms with E-state index in [-0.39, 0.29) is 17.5 Å². The van der Waals surface area contributed by atoms with Gasteiger partial charge in [-0.15, -0.1) is 0 Å². The summed E-state index contributed by atoms with van der Waals surface area (Å²) in [5.41, 5.74) is 0.157. The molecule has 5 heteroatoms. The van der Waals surface area contributed by atoms with Crippen molar-refractivity contribution in [2.45, 2.75) is 75.4 Å². The maximum atomic E-state index is 10.8. The van der Waals surface area contributed by atoms with Crippen LogP contribution in [0, 0.1) is 11.3 Å². The van der Waals surface area contributed by atoms with Gasteiger partial charge in [0.2, 0.25) is 12.8 Å². The summed E-state index contributed by atoms with van der Waals surface area (Å²) < 4.78 is 0. The fraction of sp³-hybridized carbons (Fsp3) is 0.875. The molecular weight excluding hydrogens is 300 g/mol. The molecule has 0 bridgehead atoms. The molecule has 0 aromatic heterocycles. The van der Waals surface area contributed by atoms with Gasteiger partial charge in [-0.05, 0) is 30.6 Å². The number of rotatable bonds is 7. The van der Waals surface area contributed by atoms with Crippen LogP contribution in [0.1, 0.15) is 52.9 Å². The van der Waals surface area contributed by atoms with E-state index in [1.54, 1.807) is 0 Å². The van der Waals surface area contributed by atoms with E-state index in [0.29, 0.717) is 25.1 Å². The predicted molar refractivity (Wildman–Crippen MR) is 83.7 cm³/mol. The molecule has 1 fully saturated rings. The molecule has 0 aliphatic heterocycles. The van der Waals surface area contributed by atoms with E-state index in [1.165, 1.54) is 0 Å². The first-order valence-corrected chi connectivity index (χ1v) is 11.1. The van der Waals surface area contributed by atoms with Crippen molar-refractivity contribution < 1.29 is 28.7 Å². The van der Waals surface area contributed by atoms with Crippen molar-refractivity contribution in [3.63, 3.8) is 0 Å². The van der Waals surface area contributed by atoms with Crippen molar-refractivity contribution >= 4 is 12.8 Å². The second-order valence-corrected chi connectivity index (χ2v) is 8.22. The van der Waals surface area contributed by atoms with Gasteiger partial charge in [0, 0.05) is 12.1 Å². The van der Waals surface area contributed by atoms with Crippen LogP contribution in [-0.4, -0.2) is 24.9 Å². The molecule has 2 atom stereocenters. The van der Waals surface area contributed by atoms with Gasteiger partial charge in [-0.25, -0.2) is 0 Å². The summed E-state index contributed by atoms with van der Waals surface area (Å²) in [5, 5.41) is 10.4. The molecule has 1 rings (SSSR count). The van der Waals surface area contributed by atoms with E-state index < -0.39 is 0 Å². The molecule has 0 spiro atoms. The summed E-state index contributed by atoms with van der Waals surface area (Å²) >= 11 is 0.500. The third-order valence-electron chi connectivity index (χ3n) is 4.03. The van der Waals surface area contributed by atoms with E-state index in [2.05, 4.69) is 41.9 Å². The van der Waals surface area contributed by atoms with E-state index >= 15 is 0 Å². The standard InChI is InChI=1S/C14H26N2O2.2CH3.Ti/c1-4-5-6-11-12(15-9-17)7-14(2,3)8-13(11)16-10-18;;;/h9-13H,4-8H2,1-3H3,(H,15,17)(H,16,18);2*1H3;. The van der Waals surface area contributed by atoms with E-state index in [1.807, 2.05) is 0 Å². The van der Waals surface area contributed by atoms with Crippen molar-refractivity contribution in [2.24, 2.45) is 11.3 Å². The monoisotopic (exact) mass is 332 g/mol. The summed E-state index contributed by atoms with van der Waals surface area (Å²) in [6, 6.07) is 0.352. The van der Waals surface area contributed by atoms with Crippen LogP contribution in [-0.2, 0) is 28.7 Å². The Morgan fingerprint density at radius 1 is 1.10 bits per heavy atom. The van der Waals surface area contributed by atoms with Crippen LogP contribution >= 0.6 is 0 Å². The molecule has 1 saturated carbocycles. The number of hydrogen-bond donors (Lipinski definition) is 2. The average Bonchev–Trinajstić information content (AvgIpc) is 2.38. The Bertz CT molecular complexity index is 276. The van der Waals surface area contributed by atoms with Gasteiger partial charge in [-0.2, -0.15) is 0 Å². The fourth-order valence-corrected chi connectivity index (χ4v) is 3.24. The van der Waals surface area contributed by atoms with Crippen molar-refractivity contribution in [1.29, 1.82) is 0 Å². The molecular formula is C16H32N2O2Ti. The third-order valence-corrected chi connectivity index (χ3v) is 4.03. The van der Waals surface area contributed by atoms with Gasteiger partial charge in [-0.3, -0.25) is 9.59 Å². The molecule has 1 aliphatic rings. The summed E-state index contributed by atoms with van der Waals surface area (Å²) in [4.78, 5) is 21.5. The SMILES string of the molecule is CCCCC1C(NC=O)CC(C)(C)CC1NC=O.[CH3][Ti][CH3]. The molecule has 0 aromatic rings. The van der Waals surface area contributed by atoms with Crippen LogP contribution < -0.4 is 10.6 Å². The van der Waals surface area contributed by atoms with E-state index in [4.69, 9.17) is 0 Å². The third kappa shape index (κ3) is 8.01. The van der Waals surface area contributed by atoms with Gasteiger partial charge < -0.3 is 10.6 Å². The minimum absolute atomic E-state index is 0.157. The van der Waals surface area contributed by atoms with Crippen LogP contribution in [0.2, 0.25) is 10.5 Å². The molecule has 0 saturated heterocycles. The molecule has 21 heavy (non-hydrogen) atoms. The number of carbonyl (C=O) groups excluding carboxylic acids is 2. The Balaban J connectivity index is 0.00000122. The van der Waals surface area contributed by atoms with Gasteiger partial charge in [0.15, 0.2) is 0 Å². The topological polar surface area (TPSA) is 58.2 Å². The van der Waals surface area contributed by atoms with Crippen LogP contribution in [0.4, 0.5) is 0 Å². The summed E-state index contributed by atoms with van der Waals surface area (Å²) in [5.74, 6) is 0.355. The second kappa shape index (κ2) is 11.3. The van der Waals surface area contributed by atoms with Crippen LogP contribution in [0.15, 0.2) is 0 Å². The molecule has 0 aromatic carbocycles. The van der Waals surface area contributed by atoms with Crippen molar-refractivity contribution in [3.8, 4) is 0 Å². The van der Waals surface area contributed by atoms with Gasteiger partial charge in [0.25, 0.3) is 0 Å². The Kier molecular flexibility index (Phi) is 11.1. The Labute approximate surface area is 139 Å². The maximum absolute atomic E-state index is 10.8. The Morgan fingerprint density at radius 3 is 1.86 bits per heavy atom. The van der Waals surface area contributed by atoms with E-state index in [0.717, 1.165) is 44.9 Å². The minimum atomic E-state index is 0.157. The zero-order chi connectivity index (χ0) is 16.3. The predicted octanol–water partition coefficient (Wildman–Crippen LogP) is 3.01. The van der Waals surface area contributed by atoms with Gasteiger partial charge >= 0.3 is 29.6 Å². The van der Waals surface area contributed by atoms with Crippen LogP contribution in [0.5, 0.6) is 0 Å². The van der Waals surface area contributed by atoms with Gasteiger partial charge in [-0.1, -0.05) is 33.6 Å². The summed E-state index contributed by atoms with van der Waals surface area (Å²) in [6.07, 6.45) is 6.89. The molecule has 122 valence electrons. The Hall–Kier alpha value is -0.346. The first kappa shape index (κ1) is 20.7. The number of nitrogens with one attached hydrogen (secondary N) is 2. The second-order valence-electron chi connectivity index (χ2n) is 6.66. The zero-order valence-electron chi connectivity index (χ0n) is 14.2. The first-order valence-electron chi connectivity index (χ1n) is 7.93. The van der Waals surface area contributed by atoms with E-state index in [9.17, 15) is 9.59 Å². The molecule has 2 amide bonds. The number of hydrogen-bond acceptors (Lipinski definition) is 2. The normalized spacial score (nSPS) is 26.8. The molecule has 0 radical (unpaired) electrons. The van der Waals surface area contributed by atoms with Gasteiger partial charge in [0.05, 0.1) is 0 Å². The molecule has 2 N–H and O–H groups in total. The van der Waals surface area contributed by atoms with Crippen LogP contribution in [0.3, 0.4) is 0 Å². The van der Waals surface area contributed by atoms with Crippen molar-refractivity contribution in [1.82, 2.24) is 10.6 Å². The number of amides is 2. The van der Waals surface area contributed by atoms with Crippen molar-refractivity contribution in [3.05, 3.63) is 0 Å². The quantitative estimate of drug-likeness (QED) is 0.556. The van der Waals surface area contributed by atoms with Crippen molar-refractivity contribution in [2.75, 3.05) is 0 Å². The van der Waals surface area contributed by atoms with Gasteiger partial charge in [0.1, 0.15) is 0 Å². The first-order chi connectivity index (χ1) is 9.95. The molecule has 0 heterocycles. The Morgan fingerprint density at radius 2 is 1.52 bits per heavy atom. The fourth-order valence-electron chi connectivity index (χ4n) is 3.24. The molecule has 1 aliphatic carbocycles. The molecule has 4 nitrogen and oxygen atoms in total. The number of carbonyl (C=O) groups is 2. The summed E-state index contributed by atoms with van der Waals surface area (Å²) in [7, 11) is 0. The molecule has 2 unspecified atom stereocenters.